The first-order chi connectivity index (χ1) is 11.8. The van der Waals surface area contributed by atoms with Crippen LogP contribution < -0.4 is 16.2 Å². The largest absolute Gasteiger partial charge is 0.338 e. The summed E-state index contributed by atoms with van der Waals surface area (Å²) < 4.78 is 26.2. The molecule has 0 unspecified atom stereocenters. The highest BCUT2D eigenvalue weighted by Gasteiger charge is 2.18. The molecule has 0 radical (unpaired) electrons. The number of nitrogens with zero attached hydrogens (tertiary/aromatic N) is 1. The molecule has 2 aromatic rings. The van der Waals surface area contributed by atoms with Gasteiger partial charge in [-0.05, 0) is 25.1 Å². The summed E-state index contributed by atoms with van der Waals surface area (Å²) in [6.07, 6.45) is 0. The van der Waals surface area contributed by atoms with Gasteiger partial charge >= 0.3 is 6.03 Å². The summed E-state index contributed by atoms with van der Waals surface area (Å²) in [4.78, 5) is 33.9. The fourth-order valence-corrected chi connectivity index (χ4v) is 1.99. The molecule has 0 spiro atoms. The number of hydrazine groups is 1. The van der Waals surface area contributed by atoms with Crippen LogP contribution >= 0.6 is 0 Å². The Morgan fingerprint density at radius 2 is 1.84 bits per heavy atom. The van der Waals surface area contributed by atoms with Gasteiger partial charge in [0.25, 0.3) is 11.6 Å². The van der Waals surface area contributed by atoms with Crippen LogP contribution in [0.1, 0.15) is 15.9 Å². The molecule has 3 N–H and O–H groups in total. The van der Waals surface area contributed by atoms with Gasteiger partial charge in [0.1, 0.15) is 11.6 Å². The van der Waals surface area contributed by atoms with Gasteiger partial charge in [-0.3, -0.25) is 20.3 Å². The van der Waals surface area contributed by atoms with E-state index in [2.05, 4.69) is 5.32 Å². The van der Waals surface area contributed by atoms with E-state index in [1.807, 2.05) is 10.9 Å². The molecule has 25 heavy (non-hydrogen) atoms. The number of nitrogens with one attached hydrogen (secondary N) is 3. The number of carbonyl (C=O) groups excluding carboxylic acids is 2. The Balaban J connectivity index is 2.01. The maximum atomic E-state index is 13.4. The van der Waals surface area contributed by atoms with Gasteiger partial charge in [0, 0.05) is 17.7 Å². The van der Waals surface area contributed by atoms with Crippen LogP contribution in [-0.4, -0.2) is 16.9 Å². The van der Waals surface area contributed by atoms with Crippen molar-refractivity contribution >= 4 is 23.3 Å². The fraction of sp³-hybridized carbons (Fsp3) is 0.0667. The number of benzene rings is 2. The Bertz CT molecular complexity index is 857. The number of amides is 3. The molecule has 0 saturated carbocycles. The van der Waals surface area contributed by atoms with Crippen molar-refractivity contribution < 1.29 is 23.3 Å². The lowest BCUT2D eigenvalue weighted by Crippen LogP contribution is -2.44. The lowest BCUT2D eigenvalue weighted by Gasteiger charge is -2.11. The Morgan fingerprint density at radius 1 is 1.12 bits per heavy atom. The first-order valence-electron chi connectivity index (χ1n) is 6.86. The predicted molar refractivity (Wildman–Crippen MR) is 83.8 cm³/mol. The molecular formula is C15H12F2N4O4. The van der Waals surface area contributed by atoms with E-state index in [1.54, 1.807) is 0 Å². The second-order valence-corrected chi connectivity index (χ2v) is 4.86. The van der Waals surface area contributed by atoms with Gasteiger partial charge in [0.2, 0.25) is 0 Å². The zero-order chi connectivity index (χ0) is 18.6. The van der Waals surface area contributed by atoms with Crippen LogP contribution in [0.2, 0.25) is 0 Å². The molecule has 0 fully saturated rings. The molecule has 0 aliphatic carbocycles. The zero-order valence-electron chi connectivity index (χ0n) is 12.8. The summed E-state index contributed by atoms with van der Waals surface area (Å²) in [6, 6.07) is 5.47. The third-order valence-corrected chi connectivity index (χ3v) is 3.22. The molecule has 2 aromatic carbocycles. The van der Waals surface area contributed by atoms with Crippen molar-refractivity contribution in [1.82, 2.24) is 10.9 Å². The monoisotopic (exact) mass is 350 g/mol. The number of hydrogen-bond acceptors (Lipinski definition) is 4. The fourth-order valence-electron chi connectivity index (χ4n) is 1.99. The molecule has 0 atom stereocenters. The lowest BCUT2D eigenvalue weighted by atomic mass is 10.1. The molecular weight excluding hydrogens is 338 g/mol. The van der Waals surface area contributed by atoms with E-state index in [1.165, 1.54) is 25.1 Å². The minimum Gasteiger partial charge on any atom is -0.304 e. The van der Waals surface area contributed by atoms with Gasteiger partial charge in [0.15, 0.2) is 0 Å². The number of carbonyl (C=O) groups is 2. The number of anilines is 1. The molecule has 2 rings (SSSR count). The van der Waals surface area contributed by atoms with Crippen LogP contribution in [0, 0.1) is 28.7 Å². The van der Waals surface area contributed by atoms with Crippen LogP contribution in [0.4, 0.5) is 25.0 Å². The van der Waals surface area contributed by atoms with Crippen molar-refractivity contribution in [3.05, 3.63) is 69.3 Å². The molecule has 0 bridgehead atoms. The van der Waals surface area contributed by atoms with Crippen molar-refractivity contribution in [2.75, 3.05) is 5.32 Å². The minimum absolute atomic E-state index is 0.0116. The van der Waals surface area contributed by atoms with Gasteiger partial charge in [-0.25, -0.2) is 19.0 Å². The summed E-state index contributed by atoms with van der Waals surface area (Å²) in [5.74, 6) is -2.59. The lowest BCUT2D eigenvalue weighted by molar-refractivity contribution is -0.385. The normalized spacial score (nSPS) is 10.0. The predicted octanol–water partition coefficient (Wildman–Crippen LogP) is 2.65. The van der Waals surface area contributed by atoms with Gasteiger partial charge in [0.05, 0.1) is 16.2 Å². The van der Waals surface area contributed by atoms with E-state index in [-0.39, 0.29) is 22.5 Å². The quantitative estimate of drug-likeness (QED) is 0.583. The topological polar surface area (TPSA) is 113 Å². The summed E-state index contributed by atoms with van der Waals surface area (Å²) in [6.45, 7) is 1.39. The zero-order valence-corrected chi connectivity index (χ0v) is 12.8. The van der Waals surface area contributed by atoms with Crippen molar-refractivity contribution in [2.24, 2.45) is 0 Å². The summed E-state index contributed by atoms with van der Waals surface area (Å²) >= 11 is 0. The molecule has 0 aliphatic rings. The Morgan fingerprint density at radius 3 is 2.48 bits per heavy atom. The molecule has 0 aliphatic heterocycles. The molecule has 8 nitrogen and oxygen atoms in total. The highest BCUT2D eigenvalue weighted by molar-refractivity contribution is 5.98. The van der Waals surface area contributed by atoms with Gasteiger partial charge < -0.3 is 5.32 Å². The minimum atomic E-state index is -0.990. The average Bonchev–Trinajstić information content (AvgIpc) is 2.55. The van der Waals surface area contributed by atoms with Crippen molar-refractivity contribution in [3.8, 4) is 0 Å². The maximum Gasteiger partial charge on any atom is 0.338 e. The number of halogens is 2. The van der Waals surface area contributed by atoms with Crippen LogP contribution in [0.3, 0.4) is 0 Å². The van der Waals surface area contributed by atoms with Crippen LogP contribution in [0.25, 0.3) is 0 Å². The number of nitro groups is 1. The van der Waals surface area contributed by atoms with E-state index in [9.17, 15) is 28.5 Å². The summed E-state index contributed by atoms with van der Waals surface area (Å²) in [5, 5.41) is 12.9. The number of rotatable bonds is 3. The second kappa shape index (κ2) is 7.34. The van der Waals surface area contributed by atoms with Crippen molar-refractivity contribution in [3.63, 3.8) is 0 Å². The Labute approximate surface area is 140 Å². The molecule has 10 heteroatoms. The summed E-state index contributed by atoms with van der Waals surface area (Å²) in [7, 11) is 0. The average molecular weight is 350 g/mol. The van der Waals surface area contributed by atoms with E-state index in [0.29, 0.717) is 6.07 Å². The first-order valence-corrected chi connectivity index (χ1v) is 6.86. The van der Waals surface area contributed by atoms with E-state index >= 15 is 0 Å². The van der Waals surface area contributed by atoms with Crippen LogP contribution in [0.5, 0.6) is 0 Å². The molecule has 130 valence electrons. The highest BCUT2D eigenvalue weighted by Crippen LogP contribution is 2.20. The molecule has 3 amide bonds. The highest BCUT2D eigenvalue weighted by atomic mass is 19.1. The summed E-state index contributed by atoms with van der Waals surface area (Å²) in [5.41, 5.74) is 3.58. The van der Waals surface area contributed by atoms with Crippen molar-refractivity contribution in [1.29, 1.82) is 0 Å². The van der Waals surface area contributed by atoms with E-state index in [4.69, 9.17) is 0 Å². The third-order valence-electron chi connectivity index (χ3n) is 3.22. The Kier molecular flexibility index (Phi) is 5.22. The molecule has 0 aromatic heterocycles. The molecule has 0 heterocycles. The number of urea groups is 1. The SMILES string of the molecule is Cc1c(C(=O)NNC(=O)Nc2ccc(F)cc2F)cccc1[N+](=O)[O-]. The van der Waals surface area contributed by atoms with E-state index in [0.717, 1.165) is 12.1 Å². The number of hydrogen-bond donors (Lipinski definition) is 3. The van der Waals surface area contributed by atoms with Crippen LogP contribution in [-0.2, 0) is 0 Å². The second-order valence-electron chi connectivity index (χ2n) is 4.86. The van der Waals surface area contributed by atoms with Gasteiger partial charge in [-0.15, -0.1) is 0 Å². The maximum absolute atomic E-state index is 13.4. The van der Waals surface area contributed by atoms with Gasteiger partial charge in [-0.1, -0.05) is 6.07 Å². The smallest absolute Gasteiger partial charge is 0.304 e. The first kappa shape index (κ1) is 17.8. The number of nitro benzene ring substituents is 1. The van der Waals surface area contributed by atoms with Crippen molar-refractivity contribution in [2.45, 2.75) is 6.92 Å². The molecule has 0 saturated heterocycles. The van der Waals surface area contributed by atoms with E-state index < -0.39 is 28.5 Å². The van der Waals surface area contributed by atoms with Gasteiger partial charge in [-0.2, -0.15) is 0 Å². The Hall–Kier alpha value is -3.56. The van der Waals surface area contributed by atoms with Crippen LogP contribution in [0.15, 0.2) is 36.4 Å². The standard InChI is InChI=1S/C15H12F2N4O4/c1-8-10(3-2-4-13(8)21(24)25)14(22)19-20-15(23)18-12-6-5-9(16)7-11(12)17/h2-7H,1H3,(H,19,22)(H2,18,20,23). The third kappa shape index (κ3) is 4.25.